The zero-order chi connectivity index (χ0) is 23.6. The van der Waals surface area contributed by atoms with Crippen LogP contribution in [0.2, 0.25) is 0 Å². The minimum atomic E-state index is -1.10. The van der Waals surface area contributed by atoms with Crippen LogP contribution < -0.4 is 4.74 Å². The van der Waals surface area contributed by atoms with Gasteiger partial charge in [-0.15, -0.1) is 6.58 Å². The highest BCUT2D eigenvalue weighted by Crippen LogP contribution is 2.29. The molecule has 1 heterocycles. The smallest absolute Gasteiger partial charge is 0.306 e. The number of aliphatic hydroxyl groups is 1. The van der Waals surface area contributed by atoms with Crippen molar-refractivity contribution in [2.45, 2.75) is 50.7 Å². The molecule has 1 aliphatic rings. The summed E-state index contributed by atoms with van der Waals surface area (Å²) in [4.78, 5) is 12.1. The largest absolute Gasteiger partial charge is 0.461 e. The molecule has 0 amide bonds. The van der Waals surface area contributed by atoms with Crippen LogP contribution >= 0.6 is 22.6 Å². The molecule has 0 spiro atoms. The molecule has 0 unspecified atom stereocenters. The van der Waals surface area contributed by atoms with Crippen molar-refractivity contribution < 1.29 is 33.6 Å². The average molecular weight is 568 g/mol. The van der Waals surface area contributed by atoms with E-state index in [2.05, 4.69) is 29.2 Å². The molecule has 178 valence electrons. The summed E-state index contributed by atoms with van der Waals surface area (Å²) in [5.74, 6) is 0.0961. The zero-order valence-corrected chi connectivity index (χ0v) is 20.6. The molecule has 1 aliphatic heterocycles. The minimum absolute atomic E-state index is 0.102. The van der Waals surface area contributed by atoms with E-state index >= 15 is 0 Å². The Balaban J connectivity index is 1.78. The molecule has 5 atom stereocenters. The summed E-state index contributed by atoms with van der Waals surface area (Å²) in [7, 11) is 0. The summed E-state index contributed by atoms with van der Waals surface area (Å²) in [5, 5.41) is 11.0. The Hall–Kier alpha value is -1.98. The number of carbonyl (C=O) groups excluding carboxylic acids is 1. The van der Waals surface area contributed by atoms with Gasteiger partial charge in [0, 0.05) is 9.99 Å². The van der Waals surface area contributed by atoms with Crippen LogP contribution in [-0.2, 0) is 30.3 Å². The third-order valence-corrected chi connectivity index (χ3v) is 5.76. The Morgan fingerprint density at radius 2 is 1.88 bits per heavy atom. The van der Waals surface area contributed by atoms with E-state index in [1.165, 1.54) is 0 Å². The van der Waals surface area contributed by atoms with Crippen molar-refractivity contribution >= 4 is 28.6 Å². The molecule has 0 saturated carbocycles. The first-order valence-electron chi connectivity index (χ1n) is 10.8. The van der Waals surface area contributed by atoms with E-state index in [4.69, 9.17) is 23.7 Å². The molecule has 0 bridgehead atoms. The molecule has 2 aromatic carbocycles. The van der Waals surface area contributed by atoms with E-state index < -0.39 is 36.7 Å². The number of rotatable bonds is 11. The van der Waals surface area contributed by atoms with Crippen LogP contribution in [0, 0.1) is 3.57 Å². The zero-order valence-electron chi connectivity index (χ0n) is 18.5. The fraction of sp³-hybridized carbons (Fsp3) is 0.400. The number of esters is 1. The van der Waals surface area contributed by atoms with Crippen LogP contribution in [0.5, 0.6) is 5.75 Å². The fourth-order valence-electron chi connectivity index (χ4n) is 3.37. The highest BCUT2D eigenvalue weighted by Gasteiger charge is 2.49. The lowest BCUT2D eigenvalue weighted by molar-refractivity contribution is -0.290. The Morgan fingerprint density at radius 1 is 1.15 bits per heavy atom. The predicted octanol–water partition coefficient (Wildman–Crippen LogP) is 3.87. The van der Waals surface area contributed by atoms with Crippen LogP contribution in [0.15, 0.2) is 67.3 Å². The van der Waals surface area contributed by atoms with E-state index in [0.29, 0.717) is 12.4 Å². The van der Waals surface area contributed by atoms with Gasteiger partial charge in [-0.3, -0.25) is 4.79 Å². The second-order valence-corrected chi connectivity index (χ2v) is 8.75. The Morgan fingerprint density at radius 3 is 2.55 bits per heavy atom. The third-order valence-electron chi connectivity index (χ3n) is 5.04. The van der Waals surface area contributed by atoms with Gasteiger partial charge in [-0.1, -0.05) is 43.3 Å². The Kier molecular flexibility index (Phi) is 10.1. The standard InChI is InChI=1S/C25H29IO7/c1-3-14-30-23-22(28)20(16-29-15-17-8-6-5-7-9-17)32-25(24(23)33-21(27)4-2)31-19-12-10-18(26)11-13-19/h3,5-13,20,22-25,28H,1,4,14-16H2,2H3/t20-,22+,23-,24-,25+/m0/s1. The molecule has 0 radical (unpaired) electrons. The first-order valence-corrected chi connectivity index (χ1v) is 11.9. The van der Waals surface area contributed by atoms with E-state index in [1.54, 1.807) is 25.1 Å². The van der Waals surface area contributed by atoms with Gasteiger partial charge in [0.2, 0.25) is 6.29 Å². The minimum Gasteiger partial charge on any atom is -0.461 e. The molecule has 7 nitrogen and oxygen atoms in total. The van der Waals surface area contributed by atoms with Crippen LogP contribution in [0.4, 0.5) is 0 Å². The predicted molar refractivity (Wildman–Crippen MR) is 131 cm³/mol. The van der Waals surface area contributed by atoms with Crippen LogP contribution in [-0.4, -0.2) is 55.0 Å². The van der Waals surface area contributed by atoms with Gasteiger partial charge in [0.05, 0.1) is 19.8 Å². The number of ether oxygens (including phenoxy) is 5. The second-order valence-electron chi connectivity index (χ2n) is 7.50. The van der Waals surface area contributed by atoms with E-state index in [1.807, 2.05) is 42.5 Å². The lowest BCUT2D eigenvalue weighted by Crippen LogP contribution is -2.62. The molecule has 1 N–H and O–H groups in total. The van der Waals surface area contributed by atoms with Crippen LogP contribution in [0.3, 0.4) is 0 Å². The normalized spacial score (nSPS) is 24.8. The molecule has 3 rings (SSSR count). The van der Waals surface area contributed by atoms with Gasteiger partial charge < -0.3 is 28.8 Å². The van der Waals surface area contributed by atoms with Crippen molar-refractivity contribution in [3.05, 3.63) is 76.4 Å². The molecule has 1 fully saturated rings. The summed E-state index contributed by atoms with van der Waals surface area (Å²) in [5.41, 5.74) is 1.00. The quantitative estimate of drug-likeness (QED) is 0.251. The van der Waals surface area contributed by atoms with Crippen LogP contribution in [0.1, 0.15) is 18.9 Å². The highest BCUT2D eigenvalue weighted by atomic mass is 127. The van der Waals surface area contributed by atoms with Gasteiger partial charge in [-0.05, 0) is 52.4 Å². The van der Waals surface area contributed by atoms with Gasteiger partial charge in [0.1, 0.15) is 24.1 Å². The topological polar surface area (TPSA) is 83.5 Å². The second kappa shape index (κ2) is 13.0. The number of hydrogen-bond donors (Lipinski definition) is 1. The van der Waals surface area contributed by atoms with Gasteiger partial charge >= 0.3 is 5.97 Å². The van der Waals surface area contributed by atoms with Crippen molar-refractivity contribution in [3.8, 4) is 5.75 Å². The molecular formula is C25H29IO7. The van der Waals surface area contributed by atoms with Crippen molar-refractivity contribution in [2.75, 3.05) is 13.2 Å². The number of benzene rings is 2. The van der Waals surface area contributed by atoms with Crippen LogP contribution in [0.25, 0.3) is 0 Å². The van der Waals surface area contributed by atoms with E-state index in [0.717, 1.165) is 9.13 Å². The maximum absolute atomic E-state index is 12.1. The van der Waals surface area contributed by atoms with Gasteiger partial charge in [-0.25, -0.2) is 0 Å². The van der Waals surface area contributed by atoms with Gasteiger partial charge in [-0.2, -0.15) is 0 Å². The van der Waals surface area contributed by atoms with Crippen molar-refractivity contribution in [3.63, 3.8) is 0 Å². The van der Waals surface area contributed by atoms with E-state index in [9.17, 15) is 9.90 Å². The first kappa shape index (κ1) is 25.6. The summed E-state index contributed by atoms with van der Waals surface area (Å²) in [6.07, 6.45) is -2.98. The molecule has 33 heavy (non-hydrogen) atoms. The maximum atomic E-state index is 12.1. The molecule has 0 aliphatic carbocycles. The summed E-state index contributed by atoms with van der Waals surface area (Å²) < 4.78 is 30.4. The van der Waals surface area contributed by atoms with Gasteiger partial charge in [0.25, 0.3) is 0 Å². The third kappa shape index (κ3) is 7.51. The average Bonchev–Trinajstić information content (AvgIpc) is 2.83. The highest BCUT2D eigenvalue weighted by molar-refractivity contribution is 14.1. The summed E-state index contributed by atoms with van der Waals surface area (Å²) in [6.45, 7) is 5.99. The SMILES string of the molecule is C=CCO[C@H]1[C@H](O)[C@H](COCc2ccccc2)O[C@@H](Oc2ccc(I)cc2)[C@H]1OC(=O)CC. The van der Waals surface area contributed by atoms with E-state index in [-0.39, 0.29) is 19.6 Å². The Bertz CT molecular complexity index is 874. The lowest BCUT2D eigenvalue weighted by atomic mass is 9.98. The molecular weight excluding hydrogens is 539 g/mol. The first-order chi connectivity index (χ1) is 16.0. The lowest BCUT2D eigenvalue weighted by Gasteiger charge is -2.43. The van der Waals surface area contributed by atoms with Crippen molar-refractivity contribution in [2.24, 2.45) is 0 Å². The fourth-order valence-corrected chi connectivity index (χ4v) is 3.73. The monoisotopic (exact) mass is 568 g/mol. The molecule has 1 saturated heterocycles. The van der Waals surface area contributed by atoms with Gasteiger partial charge in [0.15, 0.2) is 6.10 Å². The van der Waals surface area contributed by atoms with Crippen molar-refractivity contribution in [1.82, 2.24) is 0 Å². The molecule has 2 aromatic rings. The summed E-state index contributed by atoms with van der Waals surface area (Å²) >= 11 is 2.20. The number of hydrogen-bond acceptors (Lipinski definition) is 7. The number of carbonyl (C=O) groups is 1. The maximum Gasteiger partial charge on any atom is 0.306 e. The summed E-state index contributed by atoms with van der Waals surface area (Å²) in [6, 6.07) is 17.1. The molecule has 0 aromatic heterocycles. The Labute approximate surface area is 207 Å². The number of aliphatic hydroxyl groups excluding tert-OH is 1. The number of halogens is 1. The van der Waals surface area contributed by atoms with Crippen molar-refractivity contribution in [1.29, 1.82) is 0 Å². The molecule has 8 heteroatoms.